The predicted molar refractivity (Wildman–Crippen MR) is 66.5 cm³/mol. The van der Waals surface area contributed by atoms with Crippen molar-refractivity contribution < 1.29 is 5.11 Å². The molecule has 2 aliphatic rings. The van der Waals surface area contributed by atoms with Gasteiger partial charge >= 0.3 is 0 Å². The monoisotopic (exact) mass is 235 g/mol. The van der Waals surface area contributed by atoms with Crippen LogP contribution in [0.4, 0.5) is 0 Å². The van der Waals surface area contributed by atoms with Crippen LogP contribution in [0.3, 0.4) is 0 Å². The molecule has 2 atom stereocenters. The summed E-state index contributed by atoms with van der Waals surface area (Å²) >= 11 is 2.07. The molecule has 3 rings (SSSR count). The third kappa shape index (κ3) is 1.66. The van der Waals surface area contributed by atoms with Crippen LogP contribution in [0, 0.1) is 6.92 Å². The van der Waals surface area contributed by atoms with Gasteiger partial charge in [0.2, 0.25) is 0 Å². The second kappa shape index (κ2) is 3.74. The summed E-state index contributed by atoms with van der Waals surface area (Å²) in [7, 11) is 0. The Hall–Kier alpha value is -0.540. The van der Waals surface area contributed by atoms with E-state index in [0.29, 0.717) is 10.5 Å². The van der Waals surface area contributed by atoms with E-state index in [2.05, 4.69) is 16.7 Å². The first-order valence-electron chi connectivity index (χ1n) is 5.97. The summed E-state index contributed by atoms with van der Waals surface area (Å²) in [6.45, 7) is 2.00. The highest BCUT2D eigenvalue weighted by Crippen LogP contribution is 2.51. The van der Waals surface area contributed by atoms with Gasteiger partial charge in [-0.2, -0.15) is 11.8 Å². The normalized spacial score (nSPS) is 37.6. The molecule has 0 aromatic carbocycles. The first-order valence-corrected chi connectivity index (χ1v) is 6.92. The zero-order chi connectivity index (χ0) is 11.2. The third-order valence-corrected chi connectivity index (χ3v) is 5.41. The quantitative estimate of drug-likeness (QED) is 0.812. The van der Waals surface area contributed by atoms with Crippen molar-refractivity contribution >= 4 is 11.8 Å². The predicted octanol–water partition coefficient (Wildman–Crippen LogP) is 2.64. The Labute approximate surface area is 100 Å². The molecule has 86 valence electrons. The first kappa shape index (κ1) is 10.6. The molecular weight excluding hydrogens is 218 g/mol. The minimum atomic E-state index is -0.616. The Morgan fingerprint density at radius 2 is 2.06 bits per heavy atom. The van der Waals surface area contributed by atoms with Crippen LogP contribution in [0.25, 0.3) is 0 Å². The Morgan fingerprint density at radius 1 is 1.38 bits per heavy atom. The lowest BCUT2D eigenvalue weighted by Gasteiger charge is -2.36. The molecule has 0 spiro atoms. The number of hydrogen-bond donors (Lipinski definition) is 1. The zero-order valence-electron chi connectivity index (χ0n) is 9.52. The lowest BCUT2D eigenvalue weighted by atomic mass is 9.85. The topological polar surface area (TPSA) is 33.1 Å². The van der Waals surface area contributed by atoms with Crippen LogP contribution in [0.1, 0.15) is 36.9 Å². The molecule has 2 unspecified atom stereocenters. The molecule has 2 aliphatic heterocycles. The van der Waals surface area contributed by atoms with Crippen molar-refractivity contribution in [3.63, 3.8) is 0 Å². The molecule has 0 amide bonds. The van der Waals surface area contributed by atoms with Crippen LogP contribution in [0.5, 0.6) is 0 Å². The maximum absolute atomic E-state index is 10.9. The van der Waals surface area contributed by atoms with E-state index in [0.717, 1.165) is 24.1 Å². The standard InChI is InChI=1S/C13H17NOS/c1-9-12(3-2-6-14-9)13(15)7-10-4-5-11(8-13)16-10/h2-3,6,10-11,15H,4-5,7-8H2,1H3. The average Bonchev–Trinajstić information content (AvgIpc) is 2.59. The van der Waals surface area contributed by atoms with Crippen molar-refractivity contribution in [2.75, 3.05) is 0 Å². The van der Waals surface area contributed by atoms with Gasteiger partial charge in [0, 0.05) is 28.0 Å². The molecule has 2 nitrogen and oxygen atoms in total. The van der Waals surface area contributed by atoms with E-state index in [-0.39, 0.29) is 0 Å². The summed E-state index contributed by atoms with van der Waals surface area (Å²) in [5.74, 6) is 0. The molecular formula is C13H17NOS. The molecule has 16 heavy (non-hydrogen) atoms. The van der Waals surface area contributed by atoms with Gasteiger partial charge in [-0.05, 0) is 38.7 Å². The van der Waals surface area contributed by atoms with Gasteiger partial charge in [-0.1, -0.05) is 6.07 Å². The van der Waals surface area contributed by atoms with Crippen LogP contribution in [0.15, 0.2) is 18.3 Å². The average molecular weight is 235 g/mol. The Balaban J connectivity index is 1.96. The molecule has 0 saturated carbocycles. The van der Waals surface area contributed by atoms with Crippen molar-refractivity contribution in [1.82, 2.24) is 4.98 Å². The summed E-state index contributed by atoms with van der Waals surface area (Å²) in [5.41, 5.74) is 1.42. The van der Waals surface area contributed by atoms with E-state index in [1.54, 1.807) is 6.20 Å². The van der Waals surface area contributed by atoms with Gasteiger partial charge < -0.3 is 5.11 Å². The van der Waals surface area contributed by atoms with Crippen molar-refractivity contribution in [3.8, 4) is 0 Å². The van der Waals surface area contributed by atoms with Crippen molar-refractivity contribution in [2.24, 2.45) is 0 Å². The van der Waals surface area contributed by atoms with Gasteiger partial charge in [-0.15, -0.1) is 0 Å². The van der Waals surface area contributed by atoms with Gasteiger partial charge in [0.05, 0.1) is 5.60 Å². The molecule has 3 heterocycles. The fourth-order valence-corrected chi connectivity index (χ4v) is 4.95. The number of fused-ring (bicyclic) bond motifs is 2. The molecule has 2 saturated heterocycles. The first-order chi connectivity index (χ1) is 7.67. The molecule has 2 bridgehead atoms. The summed E-state index contributed by atoms with van der Waals surface area (Å²) < 4.78 is 0. The number of hydrogen-bond acceptors (Lipinski definition) is 3. The van der Waals surface area contributed by atoms with Crippen molar-refractivity contribution in [2.45, 2.75) is 48.7 Å². The van der Waals surface area contributed by atoms with Crippen LogP contribution >= 0.6 is 11.8 Å². The Bertz CT molecular complexity index is 395. The molecule has 2 fully saturated rings. The van der Waals surface area contributed by atoms with Gasteiger partial charge in [0.1, 0.15) is 0 Å². The molecule has 0 aliphatic carbocycles. The van der Waals surface area contributed by atoms with Crippen molar-refractivity contribution in [3.05, 3.63) is 29.6 Å². The maximum atomic E-state index is 10.9. The lowest BCUT2D eigenvalue weighted by molar-refractivity contribution is 0.0187. The van der Waals surface area contributed by atoms with Crippen LogP contribution < -0.4 is 0 Å². The van der Waals surface area contributed by atoms with Crippen molar-refractivity contribution in [1.29, 1.82) is 0 Å². The smallest absolute Gasteiger partial charge is 0.0935 e. The second-order valence-electron chi connectivity index (χ2n) is 5.03. The summed E-state index contributed by atoms with van der Waals surface area (Å²) in [4.78, 5) is 4.30. The zero-order valence-corrected chi connectivity index (χ0v) is 10.3. The van der Waals surface area contributed by atoms with Gasteiger partial charge in [0.15, 0.2) is 0 Å². The number of aliphatic hydroxyl groups is 1. The largest absolute Gasteiger partial charge is 0.385 e. The third-order valence-electron chi connectivity index (χ3n) is 3.83. The van der Waals surface area contributed by atoms with E-state index in [1.807, 2.05) is 19.1 Å². The Morgan fingerprint density at radius 3 is 2.69 bits per heavy atom. The SMILES string of the molecule is Cc1ncccc1C1(O)CC2CCC(C1)S2. The molecule has 3 heteroatoms. The van der Waals surface area contributed by atoms with E-state index < -0.39 is 5.60 Å². The number of aryl methyl sites for hydroxylation is 1. The summed E-state index contributed by atoms with van der Waals surface area (Å²) in [6.07, 6.45) is 6.16. The fraction of sp³-hybridized carbons (Fsp3) is 0.615. The number of thioether (sulfide) groups is 1. The van der Waals surface area contributed by atoms with Gasteiger partial charge in [-0.25, -0.2) is 0 Å². The van der Waals surface area contributed by atoms with Gasteiger partial charge in [-0.3, -0.25) is 4.98 Å². The minimum absolute atomic E-state index is 0.616. The fourth-order valence-electron chi connectivity index (χ4n) is 3.11. The van der Waals surface area contributed by atoms with Crippen LogP contribution in [-0.2, 0) is 5.60 Å². The Kier molecular flexibility index (Phi) is 2.48. The van der Waals surface area contributed by atoms with E-state index >= 15 is 0 Å². The lowest BCUT2D eigenvalue weighted by Crippen LogP contribution is -2.35. The highest BCUT2D eigenvalue weighted by Gasteiger charge is 2.44. The molecule has 0 radical (unpaired) electrons. The highest BCUT2D eigenvalue weighted by atomic mass is 32.2. The summed E-state index contributed by atoms with van der Waals surface area (Å²) in [6, 6.07) is 3.97. The number of aromatic nitrogens is 1. The number of rotatable bonds is 1. The number of pyridine rings is 1. The van der Waals surface area contributed by atoms with Crippen LogP contribution in [-0.4, -0.2) is 20.6 Å². The molecule has 1 N–H and O–H groups in total. The van der Waals surface area contributed by atoms with E-state index in [4.69, 9.17) is 0 Å². The summed E-state index contributed by atoms with van der Waals surface area (Å²) in [5, 5.41) is 12.2. The van der Waals surface area contributed by atoms with Crippen LogP contribution in [0.2, 0.25) is 0 Å². The minimum Gasteiger partial charge on any atom is -0.385 e. The second-order valence-corrected chi connectivity index (χ2v) is 6.64. The van der Waals surface area contributed by atoms with Gasteiger partial charge in [0.25, 0.3) is 0 Å². The van der Waals surface area contributed by atoms with E-state index in [1.165, 1.54) is 12.8 Å². The van der Waals surface area contributed by atoms with E-state index in [9.17, 15) is 5.11 Å². The number of nitrogens with zero attached hydrogens (tertiary/aromatic N) is 1. The molecule has 1 aromatic rings. The highest BCUT2D eigenvalue weighted by molar-refractivity contribution is 8.00. The maximum Gasteiger partial charge on any atom is 0.0935 e. The molecule has 1 aromatic heterocycles.